The predicted octanol–water partition coefficient (Wildman–Crippen LogP) is 5.04. The topological polar surface area (TPSA) is 72.9 Å². The van der Waals surface area contributed by atoms with E-state index in [0.717, 1.165) is 8.78 Å². The van der Waals surface area contributed by atoms with E-state index in [9.17, 15) is 13.2 Å². The van der Waals surface area contributed by atoms with Crippen LogP contribution in [0.1, 0.15) is 13.8 Å². The van der Waals surface area contributed by atoms with Gasteiger partial charge in [-0.25, -0.2) is 8.42 Å². The Labute approximate surface area is 190 Å². The molecule has 0 aliphatic carbocycles. The molecule has 0 aliphatic heterocycles. The number of carbonyl (C=O) groups excluding carboxylic acids is 1. The lowest BCUT2D eigenvalue weighted by Crippen LogP contribution is -2.44. The SMILES string of the molecule is CCOc1ccc(N(C(=O)C(C)Oc2cccc(Br)c2)S(=O)(=O)c2ccccc2)cc1. The van der Waals surface area contributed by atoms with Gasteiger partial charge in [0, 0.05) is 4.47 Å². The van der Waals surface area contributed by atoms with Gasteiger partial charge in [-0.05, 0) is 68.4 Å². The second-order valence-corrected chi connectivity index (χ2v) is 9.27. The van der Waals surface area contributed by atoms with Gasteiger partial charge in [-0.1, -0.05) is 40.2 Å². The van der Waals surface area contributed by atoms with Gasteiger partial charge in [-0.2, -0.15) is 4.31 Å². The Morgan fingerprint density at radius 1 is 0.968 bits per heavy atom. The Morgan fingerprint density at radius 2 is 1.65 bits per heavy atom. The Hall–Kier alpha value is -2.84. The van der Waals surface area contributed by atoms with Gasteiger partial charge < -0.3 is 9.47 Å². The molecule has 0 aromatic heterocycles. The molecule has 0 saturated carbocycles. The average Bonchev–Trinajstić information content (AvgIpc) is 2.76. The molecule has 3 aromatic carbocycles. The van der Waals surface area contributed by atoms with E-state index in [1.54, 1.807) is 48.5 Å². The van der Waals surface area contributed by atoms with Crippen LogP contribution in [0.25, 0.3) is 0 Å². The zero-order valence-corrected chi connectivity index (χ0v) is 19.5. The molecule has 0 fully saturated rings. The maximum Gasteiger partial charge on any atom is 0.281 e. The molecular formula is C23H22BrNO5S. The number of halogens is 1. The lowest BCUT2D eigenvalue weighted by atomic mass is 10.2. The summed E-state index contributed by atoms with van der Waals surface area (Å²) in [5.41, 5.74) is 0.196. The standard InChI is InChI=1S/C23H22BrNO5S/c1-3-29-20-14-12-19(13-15-20)25(31(27,28)22-10-5-4-6-11-22)23(26)17(2)30-21-9-7-8-18(24)16-21/h4-17H,3H2,1-2H3. The average molecular weight is 504 g/mol. The summed E-state index contributed by atoms with van der Waals surface area (Å²) in [5, 5.41) is 0. The lowest BCUT2D eigenvalue weighted by molar-refractivity contribution is -0.123. The van der Waals surface area contributed by atoms with Gasteiger partial charge in [0.25, 0.3) is 15.9 Å². The zero-order valence-electron chi connectivity index (χ0n) is 17.1. The third kappa shape index (κ3) is 5.45. The molecule has 0 spiro atoms. The summed E-state index contributed by atoms with van der Waals surface area (Å²) in [4.78, 5) is 13.3. The van der Waals surface area contributed by atoms with Crippen LogP contribution in [0, 0.1) is 0 Å². The number of anilines is 1. The summed E-state index contributed by atoms with van der Waals surface area (Å²) in [6.07, 6.45) is -1.06. The second kappa shape index (κ2) is 9.98. The molecule has 6 nitrogen and oxygen atoms in total. The molecule has 0 radical (unpaired) electrons. The van der Waals surface area contributed by atoms with Crippen molar-refractivity contribution in [1.82, 2.24) is 0 Å². The molecule has 3 rings (SSSR count). The largest absolute Gasteiger partial charge is 0.494 e. The minimum Gasteiger partial charge on any atom is -0.494 e. The van der Waals surface area contributed by atoms with Crippen LogP contribution in [0.3, 0.4) is 0 Å². The van der Waals surface area contributed by atoms with E-state index >= 15 is 0 Å². The van der Waals surface area contributed by atoms with E-state index in [0.29, 0.717) is 18.1 Å². The van der Waals surface area contributed by atoms with E-state index in [4.69, 9.17) is 9.47 Å². The van der Waals surface area contributed by atoms with Crippen LogP contribution >= 0.6 is 15.9 Å². The van der Waals surface area contributed by atoms with Crippen molar-refractivity contribution in [3.05, 3.63) is 83.3 Å². The van der Waals surface area contributed by atoms with Gasteiger partial charge >= 0.3 is 0 Å². The monoisotopic (exact) mass is 503 g/mol. The summed E-state index contributed by atoms with van der Waals surface area (Å²) in [6.45, 7) is 3.84. The van der Waals surface area contributed by atoms with Crippen LogP contribution in [0.2, 0.25) is 0 Å². The van der Waals surface area contributed by atoms with Crippen molar-refractivity contribution in [3.63, 3.8) is 0 Å². The number of amides is 1. The number of sulfonamides is 1. The molecular weight excluding hydrogens is 482 g/mol. The highest BCUT2D eigenvalue weighted by atomic mass is 79.9. The summed E-state index contributed by atoms with van der Waals surface area (Å²) in [5.74, 6) is 0.307. The van der Waals surface area contributed by atoms with Gasteiger partial charge in [0.05, 0.1) is 17.2 Å². The zero-order chi connectivity index (χ0) is 22.4. The van der Waals surface area contributed by atoms with Crippen molar-refractivity contribution >= 4 is 37.5 Å². The molecule has 1 amide bonds. The highest BCUT2D eigenvalue weighted by Crippen LogP contribution is 2.28. The Kier molecular flexibility index (Phi) is 7.35. The number of rotatable bonds is 8. The van der Waals surface area contributed by atoms with Gasteiger partial charge in [0.2, 0.25) is 0 Å². The third-order valence-corrected chi connectivity index (χ3v) is 6.55. The summed E-state index contributed by atoms with van der Waals surface area (Å²) in [6, 6.07) is 21.1. The first-order valence-corrected chi connectivity index (χ1v) is 11.9. The fraction of sp³-hybridized carbons (Fsp3) is 0.174. The van der Waals surface area contributed by atoms with Crippen molar-refractivity contribution in [3.8, 4) is 11.5 Å². The first-order valence-electron chi connectivity index (χ1n) is 9.62. The Bertz CT molecular complexity index is 1130. The highest BCUT2D eigenvalue weighted by Gasteiger charge is 2.34. The lowest BCUT2D eigenvalue weighted by Gasteiger charge is -2.26. The van der Waals surface area contributed by atoms with Crippen molar-refractivity contribution in [2.24, 2.45) is 0 Å². The van der Waals surface area contributed by atoms with Gasteiger partial charge in [-0.15, -0.1) is 0 Å². The fourth-order valence-electron chi connectivity index (χ4n) is 2.89. The van der Waals surface area contributed by atoms with E-state index in [1.807, 2.05) is 13.0 Å². The minimum atomic E-state index is -4.17. The molecule has 0 saturated heterocycles. The number of carbonyl (C=O) groups is 1. The second-order valence-electron chi connectivity index (χ2n) is 6.57. The van der Waals surface area contributed by atoms with Crippen LogP contribution in [-0.4, -0.2) is 27.0 Å². The van der Waals surface area contributed by atoms with Crippen molar-refractivity contribution in [2.75, 3.05) is 10.9 Å². The number of benzene rings is 3. The normalized spacial score (nSPS) is 12.1. The third-order valence-electron chi connectivity index (χ3n) is 4.32. The smallest absolute Gasteiger partial charge is 0.281 e. The first kappa shape index (κ1) is 22.8. The van der Waals surface area contributed by atoms with E-state index < -0.39 is 22.0 Å². The highest BCUT2D eigenvalue weighted by molar-refractivity contribution is 9.10. The molecule has 162 valence electrons. The molecule has 1 unspecified atom stereocenters. The number of ether oxygens (including phenoxy) is 2. The van der Waals surface area contributed by atoms with Crippen LogP contribution in [0.5, 0.6) is 11.5 Å². The van der Waals surface area contributed by atoms with Crippen LogP contribution < -0.4 is 13.8 Å². The first-order chi connectivity index (χ1) is 14.8. The number of nitrogens with zero attached hydrogens (tertiary/aromatic N) is 1. The van der Waals surface area contributed by atoms with Crippen molar-refractivity contribution < 1.29 is 22.7 Å². The van der Waals surface area contributed by atoms with E-state index in [-0.39, 0.29) is 10.6 Å². The predicted molar refractivity (Wildman–Crippen MR) is 123 cm³/mol. The van der Waals surface area contributed by atoms with Crippen molar-refractivity contribution in [2.45, 2.75) is 24.8 Å². The Morgan fingerprint density at radius 3 is 2.26 bits per heavy atom. The molecule has 0 bridgehead atoms. The van der Waals surface area contributed by atoms with Crippen molar-refractivity contribution in [1.29, 1.82) is 0 Å². The molecule has 31 heavy (non-hydrogen) atoms. The fourth-order valence-corrected chi connectivity index (χ4v) is 4.76. The molecule has 1 atom stereocenters. The number of hydrogen-bond acceptors (Lipinski definition) is 5. The minimum absolute atomic E-state index is 0.00638. The van der Waals surface area contributed by atoms with Gasteiger partial charge in [-0.3, -0.25) is 4.79 Å². The molecule has 0 heterocycles. The summed E-state index contributed by atoms with van der Waals surface area (Å²) >= 11 is 3.35. The van der Waals surface area contributed by atoms with E-state index in [1.165, 1.54) is 31.2 Å². The maximum absolute atomic E-state index is 13.4. The molecule has 8 heteroatoms. The molecule has 0 N–H and O–H groups in total. The summed E-state index contributed by atoms with van der Waals surface area (Å²) in [7, 11) is -4.17. The molecule has 0 aliphatic rings. The molecule has 3 aromatic rings. The maximum atomic E-state index is 13.4. The summed E-state index contributed by atoms with van der Waals surface area (Å²) < 4.78 is 39.5. The van der Waals surface area contributed by atoms with Crippen LogP contribution in [0.15, 0.2) is 88.2 Å². The van der Waals surface area contributed by atoms with Gasteiger partial charge in [0.1, 0.15) is 11.5 Å². The van der Waals surface area contributed by atoms with Gasteiger partial charge in [0.15, 0.2) is 6.10 Å². The van der Waals surface area contributed by atoms with Crippen LogP contribution in [-0.2, 0) is 14.8 Å². The van der Waals surface area contributed by atoms with Crippen LogP contribution in [0.4, 0.5) is 5.69 Å². The van der Waals surface area contributed by atoms with E-state index in [2.05, 4.69) is 15.9 Å². The number of hydrogen-bond donors (Lipinski definition) is 0. The Balaban J connectivity index is 1.99. The quantitative estimate of drug-likeness (QED) is 0.430.